The van der Waals surface area contributed by atoms with Gasteiger partial charge in [0.1, 0.15) is 0 Å². The van der Waals surface area contributed by atoms with Crippen molar-refractivity contribution < 1.29 is 8.78 Å². The quantitative estimate of drug-likeness (QED) is 0.715. The smallest absolute Gasteiger partial charge is 0.162 e. The Hall–Kier alpha value is -0.703. The molecular formula is C15H22F2Si. The van der Waals surface area contributed by atoms with Crippen LogP contribution in [0.1, 0.15) is 43.2 Å². The Kier molecular flexibility index (Phi) is 3.63. The molecule has 2 rings (SSSR count). The van der Waals surface area contributed by atoms with Gasteiger partial charge in [-0.3, -0.25) is 0 Å². The summed E-state index contributed by atoms with van der Waals surface area (Å²) in [5, 5.41) is 0.649. The second-order valence-corrected chi connectivity index (χ2v) is 11.4. The van der Waals surface area contributed by atoms with Crippen LogP contribution >= 0.6 is 0 Å². The van der Waals surface area contributed by atoms with Crippen LogP contribution in [0.15, 0.2) is 6.07 Å². The zero-order valence-electron chi connectivity index (χ0n) is 11.7. The summed E-state index contributed by atoms with van der Waals surface area (Å²) in [6.45, 7) is 8.30. The molecule has 0 N–H and O–H groups in total. The molecule has 0 aromatic heterocycles. The number of halogens is 2. The van der Waals surface area contributed by atoms with E-state index in [9.17, 15) is 8.78 Å². The average Bonchev–Trinajstić information content (AvgIpc) is 2.66. The van der Waals surface area contributed by atoms with Crippen LogP contribution in [0.2, 0.25) is 19.6 Å². The van der Waals surface area contributed by atoms with Crippen molar-refractivity contribution in [3.8, 4) is 0 Å². The molecule has 0 fully saturated rings. The standard InChI is InChI=1S/C15H22F2Si/c1-5-6-10-7-8-11-9-12(18(2,3)4)14(16)15(17)13(10)11/h9-10H,5-8H2,1-4H3. The fraction of sp³-hybridized carbons (Fsp3) is 0.600. The molecule has 0 spiro atoms. The molecule has 0 nitrogen and oxygen atoms in total. The Bertz CT molecular complexity index is 461. The summed E-state index contributed by atoms with van der Waals surface area (Å²) in [4.78, 5) is 0. The van der Waals surface area contributed by atoms with E-state index in [1.54, 1.807) is 0 Å². The lowest BCUT2D eigenvalue weighted by atomic mass is 9.96. The monoisotopic (exact) mass is 268 g/mol. The predicted molar refractivity (Wildman–Crippen MR) is 75.3 cm³/mol. The first-order chi connectivity index (χ1) is 8.36. The van der Waals surface area contributed by atoms with Crippen molar-refractivity contribution in [1.82, 2.24) is 0 Å². The second kappa shape index (κ2) is 4.76. The SMILES string of the molecule is CCCC1CCc2cc([Si](C)(C)C)c(F)c(F)c21. The zero-order valence-corrected chi connectivity index (χ0v) is 12.7. The van der Waals surface area contributed by atoms with Gasteiger partial charge < -0.3 is 0 Å². The van der Waals surface area contributed by atoms with Crippen molar-refractivity contribution in [3.05, 3.63) is 28.8 Å². The van der Waals surface area contributed by atoms with E-state index < -0.39 is 19.7 Å². The number of aryl methyl sites for hydroxylation is 1. The lowest BCUT2D eigenvalue weighted by molar-refractivity contribution is 0.488. The van der Waals surface area contributed by atoms with Crippen molar-refractivity contribution in [2.45, 2.75) is 58.2 Å². The summed E-state index contributed by atoms with van der Waals surface area (Å²) < 4.78 is 28.5. The summed E-state index contributed by atoms with van der Waals surface area (Å²) in [6.07, 6.45) is 3.89. The maximum Gasteiger partial charge on any atom is 0.162 e. The number of rotatable bonds is 3. The van der Waals surface area contributed by atoms with Gasteiger partial charge in [0, 0.05) is 0 Å². The van der Waals surface area contributed by atoms with E-state index in [4.69, 9.17) is 0 Å². The number of fused-ring (bicyclic) bond motifs is 1. The maximum atomic E-state index is 14.3. The molecule has 1 aromatic carbocycles. The molecule has 0 heterocycles. The van der Waals surface area contributed by atoms with E-state index in [2.05, 4.69) is 26.6 Å². The molecule has 1 unspecified atom stereocenters. The number of hydrogen-bond donors (Lipinski definition) is 0. The van der Waals surface area contributed by atoms with E-state index in [1.165, 1.54) is 0 Å². The highest BCUT2D eigenvalue weighted by Crippen LogP contribution is 2.38. The van der Waals surface area contributed by atoms with Crippen LogP contribution in [0.3, 0.4) is 0 Å². The molecule has 18 heavy (non-hydrogen) atoms. The topological polar surface area (TPSA) is 0 Å². The van der Waals surface area contributed by atoms with Crippen LogP contribution in [0.4, 0.5) is 8.78 Å². The third-order valence-electron chi connectivity index (χ3n) is 3.95. The van der Waals surface area contributed by atoms with Gasteiger partial charge in [-0.15, -0.1) is 0 Å². The van der Waals surface area contributed by atoms with Crippen LogP contribution < -0.4 is 5.19 Å². The molecule has 100 valence electrons. The van der Waals surface area contributed by atoms with Gasteiger partial charge in [0.2, 0.25) is 0 Å². The highest BCUT2D eigenvalue weighted by molar-refractivity contribution is 6.88. The molecular weight excluding hydrogens is 246 g/mol. The van der Waals surface area contributed by atoms with Gasteiger partial charge in [-0.05, 0) is 41.5 Å². The van der Waals surface area contributed by atoms with Crippen molar-refractivity contribution in [2.24, 2.45) is 0 Å². The van der Waals surface area contributed by atoms with Crippen LogP contribution in [0.25, 0.3) is 0 Å². The van der Waals surface area contributed by atoms with E-state index in [0.717, 1.165) is 31.2 Å². The van der Waals surface area contributed by atoms with Gasteiger partial charge in [0.25, 0.3) is 0 Å². The molecule has 1 atom stereocenters. The maximum absolute atomic E-state index is 14.3. The van der Waals surface area contributed by atoms with Crippen molar-refractivity contribution in [1.29, 1.82) is 0 Å². The van der Waals surface area contributed by atoms with Gasteiger partial charge in [-0.25, -0.2) is 8.78 Å². The summed E-state index contributed by atoms with van der Waals surface area (Å²) in [6, 6.07) is 1.95. The first-order valence-electron chi connectivity index (χ1n) is 6.87. The fourth-order valence-electron chi connectivity index (χ4n) is 3.00. The molecule has 0 saturated heterocycles. The van der Waals surface area contributed by atoms with Crippen molar-refractivity contribution in [3.63, 3.8) is 0 Å². The molecule has 0 aliphatic heterocycles. The van der Waals surface area contributed by atoms with Crippen LogP contribution in [0.5, 0.6) is 0 Å². The molecule has 0 radical (unpaired) electrons. The lowest BCUT2D eigenvalue weighted by Crippen LogP contribution is -2.41. The highest BCUT2D eigenvalue weighted by Gasteiger charge is 2.32. The minimum Gasteiger partial charge on any atom is -0.204 e. The fourth-order valence-corrected chi connectivity index (χ4v) is 4.37. The largest absolute Gasteiger partial charge is 0.204 e. The summed E-state index contributed by atoms with van der Waals surface area (Å²) in [5.74, 6) is -0.896. The van der Waals surface area contributed by atoms with Crippen LogP contribution in [-0.2, 0) is 6.42 Å². The molecule has 0 amide bonds. The van der Waals surface area contributed by atoms with Crippen molar-refractivity contribution in [2.75, 3.05) is 0 Å². The molecule has 1 aliphatic rings. The predicted octanol–water partition coefficient (Wildman–Crippen LogP) is 4.34. The van der Waals surface area contributed by atoms with Crippen LogP contribution in [-0.4, -0.2) is 8.07 Å². The molecule has 1 aromatic rings. The number of hydrogen-bond acceptors (Lipinski definition) is 0. The third-order valence-corrected chi connectivity index (χ3v) is 5.93. The minimum absolute atomic E-state index is 0.232. The van der Waals surface area contributed by atoms with E-state index in [-0.39, 0.29) is 5.92 Å². The lowest BCUT2D eigenvalue weighted by Gasteiger charge is -2.21. The van der Waals surface area contributed by atoms with Gasteiger partial charge in [0.05, 0.1) is 8.07 Å². The van der Waals surface area contributed by atoms with E-state index in [1.807, 2.05) is 6.07 Å². The zero-order chi connectivity index (χ0) is 13.5. The number of benzene rings is 1. The summed E-state index contributed by atoms with van der Waals surface area (Å²) in [5.41, 5.74) is 1.74. The Morgan fingerprint density at radius 3 is 2.44 bits per heavy atom. The van der Waals surface area contributed by atoms with Gasteiger partial charge in [0.15, 0.2) is 11.6 Å². The normalized spacial score (nSPS) is 19.1. The Morgan fingerprint density at radius 1 is 1.22 bits per heavy atom. The molecule has 3 heteroatoms. The van der Waals surface area contributed by atoms with Gasteiger partial charge in [-0.2, -0.15) is 0 Å². The molecule has 1 aliphatic carbocycles. The Morgan fingerprint density at radius 2 is 1.89 bits per heavy atom. The van der Waals surface area contributed by atoms with Gasteiger partial charge in [-0.1, -0.05) is 39.1 Å². The molecule has 0 bridgehead atoms. The first kappa shape index (κ1) is 13.7. The molecule has 0 saturated carbocycles. The van der Waals surface area contributed by atoms with E-state index in [0.29, 0.717) is 10.8 Å². The van der Waals surface area contributed by atoms with Crippen LogP contribution in [0, 0.1) is 11.6 Å². The summed E-state index contributed by atoms with van der Waals surface area (Å²) in [7, 11) is -1.81. The first-order valence-corrected chi connectivity index (χ1v) is 10.4. The Labute approximate surface area is 109 Å². The highest BCUT2D eigenvalue weighted by atomic mass is 28.3. The second-order valence-electron chi connectivity index (χ2n) is 6.40. The van der Waals surface area contributed by atoms with E-state index >= 15 is 0 Å². The summed E-state index contributed by atoms with van der Waals surface area (Å²) >= 11 is 0. The third kappa shape index (κ3) is 2.25. The average molecular weight is 268 g/mol. The van der Waals surface area contributed by atoms with Gasteiger partial charge >= 0.3 is 0 Å². The minimum atomic E-state index is -1.81. The van der Waals surface area contributed by atoms with Crippen molar-refractivity contribution >= 4 is 13.3 Å². The Balaban J connectivity index is 2.53.